The molecule has 0 spiro atoms. The first-order valence-corrected chi connectivity index (χ1v) is 5.87. The second-order valence-corrected chi connectivity index (χ2v) is 3.98. The molecule has 0 aromatic heterocycles. The van der Waals surface area contributed by atoms with Crippen LogP contribution in [0.4, 0.5) is 4.79 Å². The van der Waals surface area contributed by atoms with Gasteiger partial charge in [0.15, 0.2) is 6.04 Å². The molecule has 19 heavy (non-hydrogen) atoms. The van der Waals surface area contributed by atoms with Gasteiger partial charge in [-0.05, 0) is 13.8 Å². The maximum atomic E-state index is 11.6. The molecule has 0 radical (unpaired) electrons. The molecule has 8 heteroatoms. The van der Waals surface area contributed by atoms with Crippen LogP contribution in [0.3, 0.4) is 0 Å². The Labute approximate surface area is 111 Å². The summed E-state index contributed by atoms with van der Waals surface area (Å²) in [6, 6.07) is -2.07. The molecule has 0 aromatic carbocycles. The lowest BCUT2D eigenvalue weighted by atomic mass is 10.2. The number of hydrogen-bond donors (Lipinski definition) is 3. The normalized spacial score (nSPS) is 13.3. The number of aliphatic hydroxyl groups excluding tert-OH is 1. The van der Waals surface area contributed by atoms with E-state index in [2.05, 4.69) is 5.32 Å². The molecular weight excluding hydrogens is 256 g/mol. The predicted octanol–water partition coefficient (Wildman–Crippen LogP) is -0.585. The summed E-state index contributed by atoms with van der Waals surface area (Å²) in [6.07, 6.45) is -1.20. The molecular formula is C11H20N2O6. The van der Waals surface area contributed by atoms with Crippen molar-refractivity contribution in [2.45, 2.75) is 32.4 Å². The van der Waals surface area contributed by atoms with Gasteiger partial charge < -0.3 is 25.2 Å². The zero-order valence-corrected chi connectivity index (χ0v) is 11.3. The van der Waals surface area contributed by atoms with E-state index >= 15 is 0 Å². The average Bonchev–Trinajstić information content (AvgIpc) is 2.32. The first kappa shape index (κ1) is 17.2. The van der Waals surface area contributed by atoms with Crippen LogP contribution in [0.5, 0.6) is 0 Å². The van der Waals surface area contributed by atoms with E-state index in [1.165, 1.54) is 14.0 Å². The van der Waals surface area contributed by atoms with Gasteiger partial charge in [0.05, 0.1) is 19.1 Å². The van der Waals surface area contributed by atoms with Gasteiger partial charge in [-0.1, -0.05) is 0 Å². The number of carboxylic acid groups (broad SMARTS) is 1. The average molecular weight is 276 g/mol. The van der Waals surface area contributed by atoms with Crippen molar-refractivity contribution in [2.24, 2.45) is 0 Å². The Kier molecular flexibility index (Phi) is 7.50. The van der Waals surface area contributed by atoms with Crippen LogP contribution in [0.1, 0.15) is 20.3 Å². The van der Waals surface area contributed by atoms with Gasteiger partial charge in [0, 0.05) is 13.6 Å². The monoisotopic (exact) mass is 276 g/mol. The van der Waals surface area contributed by atoms with Crippen molar-refractivity contribution >= 4 is 18.0 Å². The highest BCUT2D eigenvalue weighted by molar-refractivity contribution is 5.83. The molecule has 0 heterocycles. The number of hydrogen-bond acceptors (Lipinski definition) is 5. The number of nitrogens with zero attached hydrogens (tertiary/aromatic N) is 1. The Hall–Kier alpha value is -1.83. The van der Waals surface area contributed by atoms with E-state index in [9.17, 15) is 19.5 Å². The van der Waals surface area contributed by atoms with Crippen molar-refractivity contribution in [3.8, 4) is 0 Å². The Morgan fingerprint density at radius 3 is 2.37 bits per heavy atom. The number of esters is 1. The number of urea groups is 1. The van der Waals surface area contributed by atoms with Crippen LogP contribution in [-0.4, -0.2) is 65.4 Å². The van der Waals surface area contributed by atoms with Crippen molar-refractivity contribution in [1.82, 2.24) is 10.2 Å². The summed E-state index contributed by atoms with van der Waals surface area (Å²) in [5.74, 6) is -1.77. The first-order chi connectivity index (χ1) is 8.79. The smallest absolute Gasteiger partial charge is 0.328 e. The molecule has 3 N–H and O–H groups in total. The van der Waals surface area contributed by atoms with E-state index in [1.807, 2.05) is 0 Å². The number of amides is 2. The summed E-state index contributed by atoms with van der Waals surface area (Å²) in [5, 5.41) is 20.2. The zero-order valence-electron chi connectivity index (χ0n) is 11.3. The van der Waals surface area contributed by atoms with Crippen molar-refractivity contribution in [2.75, 3.05) is 20.2 Å². The number of ether oxygens (including phenoxy) is 1. The first-order valence-electron chi connectivity index (χ1n) is 5.87. The molecule has 0 saturated carbocycles. The number of carboxylic acids is 1. The van der Waals surface area contributed by atoms with E-state index in [4.69, 9.17) is 9.84 Å². The van der Waals surface area contributed by atoms with Crippen LogP contribution < -0.4 is 5.32 Å². The number of carbonyl (C=O) groups excluding carboxylic acids is 2. The minimum atomic E-state index is -1.39. The van der Waals surface area contributed by atoms with Crippen molar-refractivity contribution < 1.29 is 29.3 Å². The third-order valence-corrected chi connectivity index (χ3v) is 2.33. The van der Waals surface area contributed by atoms with Gasteiger partial charge in [-0.2, -0.15) is 0 Å². The predicted molar refractivity (Wildman–Crippen MR) is 65.5 cm³/mol. The summed E-state index contributed by atoms with van der Waals surface area (Å²) < 4.78 is 4.70. The van der Waals surface area contributed by atoms with Gasteiger partial charge >= 0.3 is 18.0 Å². The number of aliphatic carboxylic acids is 1. The Bertz CT molecular complexity index is 331. The summed E-state index contributed by atoms with van der Waals surface area (Å²) in [7, 11) is 1.41. The molecule has 0 aromatic rings. The highest BCUT2D eigenvalue weighted by atomic mass is 16.5. The van der Waals surface area contributed by atoms with Crippen LogP contribution in [0.25, 0.3) is 0 Å². The fraction of sp³-hybridized carbons (Fsp3) is 0.727. The van der Waals surface area contributed by atoms with Gasteiger partial charge in [-0.3, -0.25) is 4.79 Å². The van der Waals surface area contributed by atoms with E-state index in [1.54, 1.807) is 6.92 Å². The largest absolute Gasteiger partial charge is 0.480 e. The second-order valence-electron chi connectivity index (χ2n) is 3.98. The molecule has 2 amide bonds. The number of carbonyl (C=O) groups is 3. The minimum absolute atomic E-state index is 0.0180. The summed E-state index contributed by atoms with van der Waals surface area (Å²) in [5.41, 5.74) is 0. The summed E-state index contributed by atoms with van der Waals surface area (Å²) >= 11 is 0. The van der Waals surface area contributed by atoms with Crippen LogP contribution in [0.2, 0.25) is 0 Å². The van der Waals surface area contributed by atoms with E-state index in [0.717, 1.165) is 4.90 Å². The lowest BCUT2D eigenvalue weighted by molar-refractivity contribution is -0.144. The minimum Gasteiger partial charge on any atom is -0.480 e. The van der Waals surface area contributed by atoms with E-state index in [0.29, 0.717) is 0 Å². The van der Waals surface area contributed by atoms with Crippen molar-refractivity contribution in [1.29, 1.82) is 0 Å². The maximum Gasteiger partial charge on any atom is 0.328 e. The summed E-state index contributed by atoms with van der Waals surface area (Å²) in [4.78, 5) is 34.6. The number of nitrogens with one attached hydrogen (secondary N) is 1. The van der Waals surface area contributed by atoms with Crippen LogP contribution in [0, 0.1) is 0 Å². The van der Waals surface area contributed by atoms with E-state index < -0.39 is 30.1 Å². The van der Waals surface area contributed by atoms with Crippen LogP contribution in [-0.2, 0) is 14.3 Å². The topological polar surface area (TPSA) is 116 Å². The van der Waals surface area contributed by atoms with Crippen LogP contribution in [0.15, 0.2) is 0 Å². The van der Waals surface area contributed by atoms with Gasteiger partial charge in [0.2, 0.25) is 0 Å². The van der Waals surface area contributed by atoms with Gasteiger partial charge in [0.25, 0.3) is 0 Å². The molecule has 0 aliphatic rings. The Morgan fingerprint density at radius 1 is 1.37 bits per heavy atom. The highest BCUT2D eigenvalue weighted by Gasteiger charge is 2.26. The third-order valence-electron chi connectivity index (χ3n) is 2.33. The van der Waals surface area contributed by atoms with Crippen molar-refractivity contribution in [3.05, 3.63) is 0 Å². The fourth-order valence-corrected chi connectivity index (χ4v) is 1.23. The lowest BCUT2D eigenvalue weighted by Crippen LogP contribution is -2.51. The standard InChI is InChI=1S/C11H20N2O6/c1-4-19-8(15)5-6-13(3)11(18)12-9(7(2)14)10(16)17/h7,9,14H,4-6H2,1-3H3,(H,12,18)(H,16,17). The second kappa shape index (κ2) is 8.30. The van der Waals surface area contributed by atoms with Crippen molar-refractivity contribution in [3.63, 3.8) is 0 Å². The molecule has 0 fully saturated rings. The van der Waals surface area contributed by atoms with Gasteiger partial charge in [0.1, 0.15) is 0 Å². The lowest BCUT2D eigenvalue weighted by Gasteiger charge is -2.22. The van der Waals surface area contributed by atoms with E-state index in [-0.39, 0.29) is 19.6 Å². The molecule has 2 atom stereocenters. The third kappa shape index (κ3) is 6.61. The zero-order chi connectivity index (χ0) is 15.0. The number of rotatable bonds is 7. The SMILES string of the molecule is CCOC(=O)CCN(C)C(=O)NC(C(=O)O)C(C)O. The molecule has 0 rings (SSSR count). The highest BCUT2D eigenvalue weighted by Crippen LogP contribution is 1.97. The molecule has 0 bridgehead atoms. The Morgan fingerprint density at radius 2 is 1.95 bits per heavy atom. The van der Waals surface area contributed by atoms with Gasteiger partial charge in [-0.15, -0.1) is 0 Å². The molecule has 0 saturated heterocycles. The number of aliphatic hydroxyl groups is 1. The molecule has 8 nitrogen and oxygen atoms in total. The molecule has 0 aliphatic heterocycles. The molecule has 2 unspecified atom stereocenters. The van der Waals surface area contributed by atoms with Gasteiger partial charge in [-0.25, -0.2) is 9.59 Å². The fourth-order valence-electron chi connectivity index (χ4n) is 1.23. The molecule has 110 valence electrons. The van der Waals surface area contributed by atoms with Crippen LogP contribution >= 0.6 is 0 Å². The quantitative estimate of drug-likeness (QED) is 0.535. The summed E-state index contributed by atoms with van der Waals surface area (Å²) in [6.45, 7) is 3.29. The molecule has 0 aliphatic carbocycles. The Balaban J connectivity index is 4.26. The maximum absolute atomic E-state index is 11.6.